The first kappa shape index (κ1) is 13.8. The lowest BCUT2D eigenvalue weighted by Crippen LogP contribution is -2.47. The molecule has 1 heterocycles. The first-order chi connectivity index (χ1) is 7.80. The minimum atomic E-state index is -4.94. The van der Waals surface area contributed by atoms with E-state index in [0.29, 0.717) is 19.0 Å². The average Bonchev–Trinajstić information content (AvgIpc) is 2.24. The maximum absolute atomic E-state index is 11.9. The summed E-state index contributed by atoms with van der Waals surface area (Å²) in [6.07, 6.45) is -3.08. The van der Waals surface area contributed by atoms with Crippen molar-refractivity contribution in [2.75, 3.05) is 19.6 Å². The van der Waals surface area contributed by atoms with Crippen LogP contribution in [0.3, 0.4) is 0 Å². The first-order valence-corrected chi connectivity index (χ1v) is 5.43. The molecule has 0 aromatic carbocycles. The second kappa shape index (κ2) is 5.37. The van der Waals surface area contributed by atoms with E-state index >= 15 is 0 Å². The van der Waals surface area contributed by atoms with E-state index in [1.165, 1.54) is 4.90 Å². The lowest BCUT2D eigenvalue weighted by molar-refractivity contribution is -0.174. The predicted molar refractivity (Wildman–Crippen MR) is 54.0 cm³/mol. The number of amides is 2. The molecule has 0 aromatic heterocycles. The van der Waals surface area contributed by atoms with Crippen LogP contribution in [0.25, 0.3) is 0 Å². The summed E-state index contributed by atoms with van der Waals surface area (Å²) in [5, 5.41) is 1.58. The van der Waals surface area contributed by atoms with Crippen LogP contribution >= 0.6 is 0 Å². The normalized spacial score (nSPS) is 21.2. The zero-order valence-electron chi connectivity index (χ0n) is 9.51. The van der Waals surface area contributed by atoms with Crippen molar-refractivity contribution in [3.8, 4) is 0 Å². The molecule has 98 valence electrons. The van der Waals surface area contributed by atoms with E-state index < -0.39 is 24.5 Å². The number of nitrogens with one attached hydrogen (secondary N) is 1. The average molecular weight is 252 g/mol. The molecule has 1 unspecified atom stereocenters. The van der Waals surface area contributed by atoms with Gasteiger partial charge in [0.25, 0.3) is 0 Å². The number of carbonyl (C=O) groups excluding carboxylic acids is 2. The summed E-state index contributed by atoms with van der Waals surface area (Å²) in [7, 11) is 0. The molecule has 1 rings (SSSR count). The van der Waals surface area contributed by atoms with Gasteiger partial charge in [0, 0.05) is 13.1 Å². The molecule has 0 bridgehead atoms. The third kappa shape index (κ3) is 4.24. The summed E-state index contributed by atoms with van der Waals surface area (Å²) in [5.41, 5.74) is 0. The number of halogens is 3. The minimum Gasteiger partial charge on any atom is -0.341 e. The third-order valence-electron chi connectivity index (χ3n) is 2.67. The molecule has 2 amide bonds. The van der Waals surface area contributed by atoms with Crippen LogP contribution in [0.1, 0.15) is 19.8 Å². The van der Waals surface area contributed by atoms with E-state index in [1.807, 2.05) is 6.92 Å². The lowest BCUT2D eigenvalue weighted by atomic mass is 10.0. The number of piperidine rings is 1. The number of hydrogen-bond donors (Lipinski definition) is 1. The van der Waals surface area contributed by atoms with Gasteiger partial charge >= 0.3 is 12.1 Å². The summed E-state index contributed by atoms with van der Waals surface area (Å²) in [6.45, 7) is 2.48. The van der Waals surface area contributed by atoms with Gasteiger partial charge in [-0.2, -0.15) is 13.2 Å². The molecule has 0 aliphatic carbocycles. The van der Waals surface area contributed by atoms with E-state index in [0.717, 1.165) is 12.8 Å². The van der Waals surface area contributed by atoms with Gasteiger partial charge in [0.1, 0.15) is 0 Å². The standard InChI is InChI=1S/C10H15F3N2O2/c1-7-3-2-4-15(6-7)8(16)5-14-9(17)10(11,12)13/h7H,2-6H2,1H3,(H,14,17). The summed E-state index contributed by atoms with van der Waals surface area (Å²) >= 11 is 0. The molecule has 1 aliphatic rings. The van der Waals surface area contributed by atoms with Crippen LogP contribution in [0.5, 0.6) is 0 Å². The van der Waals surface area contributed by atoms with Crippen LogP contribution in [-0.2, 0) is 9.59 Å². The van der Waals surface area contributed by atoms with Gasteiger partial charge in [0.15, 0.2) is 0 Å². The van der Waals surface area contributed by atoms with Crippen LogP contribution < -0.4 is 5.32 Å². The highest BCUT2D eigenvalue weighted by molar-refractivity contribution is 5.87. The van der Waals surface area contributed by atoms with Crippen molar-refractivity contribution in [3.05, 3.63) is 0 Å². The predicted octanol–water partition coefficient (Wildman–Crippen LogP) is 0.923. The van der Waals surface area contributed by atoms with Crippen LogP contribution in [0.2, 0.25) is 0 Å². The van der Waals surface area contributed by atoms with Crippen LogP contribution in [-0.4, -0.2) is 42.5 Å². The van der Waals surface area contributed by atoms with Crippen molar-refractivity contribution in [3.63, 3.8) is 0 Å². The van der Waals surface area contributed by atoms with Gasteiger partial charge < -0.3 is 10.2 Å². The van der Waals surface area contributed by atoms with Crippen LogP contribution in [0.15, 0.2) is 0 Å². The Hall–Kier alpha value is -1.27. The Bertz CT molecular complexity index is 304. The Balaban J connectivity index is 2.37. The number of nitrogens with zero attached hydrogens (tertiary/aromatic N) is 1. The largest absolute Gasteiger partial charge is 0.471 e. The number of hydrogen-bond acceptors (Lipinski definition) is 2. The number of alkyl halides is 3. The molecule has 4 nitrogen and oxygen atoms in total. The molecular weight excluding hydrogens is 237 g/mol. The Labute approximate surface area is 97.1 Å². The third-order valence-corrected chi connectivity index (χ3v) is 2.67. The highest BCUT2D eigenvalue weighted by Crippen LogP contribution is 2.16. The smallest absolute Gasteiger partial charge is 0.341 e. The fraction of sp³-hybridized carbons (Fsp3) is 0.800. The minimum absolute atomic E-state index is 0.353. The van der Waals surface area contributed by atoms with Crippen molar-refractivity contribution in [2.24, 2.45) is 5.92 Å². The van der Waals surface area contributed by atoms with Crippen molar-refractivity contribution in [1.29, 1.82) is 0 Å². The van der Waals surface area contributed by atoms with Crippen molar-refractivity contribution < 1.29 is 22.8 Å². The van der Waals surface area contributed by atoms with Gasteiger partial charge in [-0.1, -0.05) is 6.92 Å². The molecule has 1 N–H and O–H groups in total. The summed E-state index contributed by atoms with van der Waals surface area (Å²) in [6, 6.07) is 0. The Morgan fingerprint density at radius 1 is 1.41 bits per heavy atom. The first-order valence-electron chi connectivity index (χ1n) is 5.43. The van der Waals surface area contributed by atoms with Gasteiger partial charge in [-0.05, 0) is 18.8 Å². The summed E-state index contributed by atoms with van der Waals surface area (Å²) in [5.74, 6) is -2.18. The Kier molecular flexibility index (Phi) is 4.36. The highest BCUT2D eigenvalue weighted by Gasteiger charge is 2.38. The van der Waals surface area contributed by atoms with Crippen LogP contribution in [0, 0.1) is 5.92 Å². The molecule has 0 aromatic rings. The van der Waals surface area contributed by atoms with E-state index in [2.05, 4.69) is 0 Å². The van der Waals surface area contributed by atoms with Gasteiger partial charge in [-0.25, -0.2) is 0 Å². The van der Waals surface area contributed by atoms with Gasteiger partial charge in [-0.15, -0.1) is 0 Å². The monoisotopic (exact) mass is 252 g/mol. The lowest BCUT2D eigenvalue weighted by Gasteiger charge is -2.31. The summed E-state index contributed by atoms with van der Waals surface area (Å²) in [4.78, 5) is 23.5. The topological polar surface area (TPSA) is 49.4 Å². The quantitative estimate of drug-likeness (QED) is 0.794. The fourth-order valence-electron chi connectivity index (χ4n) is 1.78. The number of carbonyl (C=O) groups is 2. The van der Waals surface area contributed by atoms with Gasteiger partial charge in [-0.3, -0.25) is 9.59 Å². The fourth-order valence-corrected chi connectivity index (χ4v) is 1.78. The Morgan fingerprint density at radius 3 is 2.59 bits per heavy atom. The van der Waals surface area contributed by atoms with Crippen molar-refractivity contribution in [2.45, 2.75) is 25.9 Å². The molecule has 0 spiro atoms. The maximum Gasteiger partial charge on any atom is 0.471 e. The van der Waals surface area contributed by atoms with E-state index in [-0.39, 0.29) is 0 Å². The zero-order chi connectivity index (χ0) is 13.1. The van der Waals surface area contributed by atoms with E-state index in [4.69, 9.17) is 0 Å². The van der Waals surface area contributed by atoms with Gasteiger partial charge in [0.05, 0.1) is 6.54 Å². The highest BCUT2D eigenvalue weighted by atomic mass is 19.4. The molecular formula is C10H15F3N2O2. The molecule has 0 radical (unpaired) electrons. The molecule has 1 saturated heterocycles. The summed E-state index contributed by atoms with van der Waals surface area (Å²) < 4.78 is 35.6. The second-order valence-electron chi connectivity index (χ2n) is 4.27. The molecule has 7 heteroatoms. The molecule has 1 atom stereocenters. The maximum atomic E-state index is 11.9. The van der Waals surface area contributed by atoms with Crippen molar-refractivity contribution in [1.82, 2.24) is 10.2 Å². The van der Waals surface area contributed by atoms with E-state index in [9.17, 15) is 22.8 Å². The van der Waals surface area contributed by atoms with E-state index in [1.54, 1.807) is 5.32 Å². The molecule has 1 aliphatic heterocycles. The SMILES string of the molecule is CC1CCCN(C(=O)CNC(=O)C(F)(F)F)C1. The Morgan fingerprint density at radius 2 is 2.06 bits per heavy atom. The number of rotatable bonds is 2. The molecule has 0 saturated carbocycles. The zero-order valence-corrected chi connectivity index (χ0v) is 9.51. The van der Waals surface area contributed by atoms with Gasteiger partial charge in [0.2, 0.25) is 5.91 Å². The van der Waals surface area contributed by atoms with Crippen molar-refractivity contribution >= 4 is 11.8 Å². The molecule has 17 heavy (non-hydrogen) atoms. The van der Waals surface area contributed by atoms with Crippen LogP contribution in [0.4, 0.5) is 13.2 Å². The molecule has 1 fully saturated rings. The number of likely N-dealkylation sites (tertiary alicyclic amines) is 1. The second-order valence-corrected chi connectivity index (χ2v) is 4.27.